The quantitative estimate of drug-likeness (QED) is 0.290. The van der Waals surface area contributed by atoms with Crippen molar-refractivity contribution in [2.45, 2.75) is 77.2 Å². The minimum atomic E-state index is -1.19. The molecular formula is C25H31FN4O9. The number of carbonyl (C=O) groups excluding carboxylic acids is 3. The average molecular weight is 551 g/mol. The molecule has 14 heteroatoms. The van der Waals surface area contributed by atoms with E-state index in [4.69, 9.17) is 24.1 Å². The Morgan fingerprint density at radius 1 is 1.10 bits per heavy atom. The third-order valence-electron chi connectivity index (χ3n) is 5.71. The van der Waals surface area contributed by atoms with Crippen LogP contribution in [0, 0.1) is 5.82 Å². The standard InChI is InChI=1S/C25H31FN4O9/c1-14(31)27-22-24(38-16(3)33)23(37-15(2)32)20(39-25(22)36-10-5-4-9-21(34)35)13-30-12-19(28-29-30)17-7-6-8-18(26)11-17/h6-8,11-12,20,22-25H,4-5,9-10,13H2,1-3H3,(H,27,31)(H,34,35)/t20?,22-,23-,24?,25+/m0/s1. The Kier molecular flexibility index (Phi) is 10.5. The summed E-state index contributed by atoms with van der Waals surface area (Å²) in [5.74, 6) is -3.23. The van der Waals surface area contributed by atoms with Crippen molar-refractivity contribution in [2.24, 2.45) is 0 Å². The van der Waals surface area contributed by atoms with Gasteiger partial charge in [0, 0.05) is 39.4 Å². The third kappa shape index (κ3) is 8.82. The molecule has 2 N–H and O–H groups in total. The van der Waals surface area contributed by atoms with Crippen molar-refractivity contribution in [1.29, 1.82) is 0 Å². The molecule has 212 valence electrons. The van der Waals surface area contributed by atoms with E-state index in [2.05, 4.69) is 15.6 Å². The lowest BCUT2D eigenvalue weighted by Crippen LogP contribution is -2.66. The van der Waals surface area contributed by atoms with E-state index in [1.54, 1.807) is 12.3 Å². The first kappa shape index (κ1) is 29.6. The molecule has 0 saturated carbocycles. The average Bonchev–Trinajstić information content (AvgIpc) is 3.30. The highest BCUT2D eigenvalue weighted by Gasteiger charge is 2.51. The van der Waals surface area contributed by atoms with Crippen molar-refractivity contribution in [2.75, 3.05) is 6.61 Å². The van der Waals surface area contributed by atoms with E-state index in [9.17, 15) is 23.6 Å². The molecule has 0 bridgehead atoms. The number of hydrogen-bond donors (Lipinski definition) is 2. The summed E-state index contributed by atoms with van der Waals surface area (Å²) < 4.78 is 38.1. The maximum absolute atomic E-state index is 13.7. The summed E-state index contributed by atoms with van der Waals surface area (Å²) in [7, 11) is 0. The highest BCUT2D eigenvalue weighted by atomic mass is 19.1. The largest absolute Gasteiger partial charge is 0.481 e. The molecule has 39 heavy (non-hydrogen) atoms. The van der Waals surface area contributed by atoms with Crippen molar-refractivity contribution in [3.05, 3.63) is 36.3 Å². The van der Waals surface area contributed by atoms with Gasteiger partial charge < -0.3 is 29.4 Å². The summed E-state index contributed by atoms with van der Waals surface area (Å²) in [5.41, 5.74) is 0.877. The molecule has 3 rings (SSSR count). The van der Waals surface area contributed by atoms with E-state index in [1.165, 1.54) is 43.7 Å². The number of hydrogen-bond acceptors (Lipinski definition) is 10. The predicted molar refractivity (Wildman–Crippen MR) is 130 cm³/mol. The first-order valence-electron chi connectivity index (χ1n) is 12.3. The maximum atomic E-state index is 13.7. The summed E-state index contributed by atoms with van der Waals surface area (Å²) in [6.45, 7) is 3.65. The Hall–Kier alpha value is -3.91. The molecule has 1 saturated heterocycles. The van der Waals surface area contributed by atoms with Gasteiger partial charge in [0.15, 0.2) is 18.5 Å². The van der Waals surface area contributed by atoms with Crippen LogP contribution in [0.4, 0.5) is 4.39 Å². The van der Waals surface area contributed by atoms with E-state index in [1.807, 2.05) is 0 Å². The van der Waals surface area contributed by atoms with Crippen LogP contribution in [0.3, 0.4) is 0 Å². The van der Waals surface area contributed by atoms with Crippen molar-refractivity contribution in [1.82, 2.24) is 20.3 Å². The second kappa shape index (κ2) is 13.8. The van der Waals surface area contributed by atoms with Gasteiger partial charge in [-0.3, -0.25) is 19.2 Å². The van der Waals surface area contributed by atoms with Crippen LogP contribution < -0.4 is 5.32 Å². The number of amides is 1. The van der Waals surface area contributed by atoms with E-state index in [0.717, 1.165) is 0 Å². The number of nitrogens with zero attached hydrogens (tertiary/aromatic N) is 3. The zero-order valence-corrected chi connectivity index (χ0v) is 21.7. The Balaban J connectivity index is 1.88. The number of nitrogens with one attached hydrogen (secondary N) is 1. The molecule has 2 unspecified atom stereocenters. The first-order valence-corrected chi connectivity index (χ1v) is 12.3. The SMILES string of the molecule is CC(=O)N[C@H]1C(OC(C)=O)[C@@H](OC(C)=O)C(Cn2cc(-c3cccc(F)c3)nn2)O[C@H]1OCCCCC(=O)O. The van der Waals surface area contributed by atoms with Gasteiger partial charge in [0.2, 0.25) is 5.91 Å². The van der Waals surface area contributed by atoms with Crippen LogP contribution in [0.5, 0.6) is 0 Å². The molecule has 1 fully saturated rings. The first-order chi connectivity index (χ1) is 18.5. The molecule has 0 aliphatic carbocycles. The molecule has 1 aromatic heterocycles. The van der Waals surface area contributed by atoms with Crippen LogP contribution in [-0.2, 0) is 44.7 Å². The van der Waals surface area contributed by atoms with Crippen LogP contribution in [0.1, 0.15) is 40.0 Å². The van der Waals surface area contributed by atoms with Gasteiger partial charge in [-0.15, -0.1) is 5.10 Å². The summed E-state index contributed by atoms with van der Waals surface area (Å²) in [4.78, 5) is 46.9. The van der Waals surface area contributed by atoms with Crippen molar-refractivity contribution in [3.63, 3.8) is 0 Å². The van der Waals surface area contributed by atoms with Crippen molar-refractivity contribution in [3.8, 4) is 11.3 Å². The number of ether oxygens (including phenoxy) is 4. The second-order valence-corrected chi connectivity index (χ2v) is 8.98. The normalized spacial score (nSPS) is 22.6. The van der Waals surface area contributed by atoms with Gasteiger partial charge in [-0.25, -0.2) is 9.07 Å². The number of carbonyl (C=O) groups is 4. The smallest absolute Gasteiger partial charge is 0.303 e. The second-order valence-electron chi connectivity index (χ2n) is 8.98. The van der Waals surface area contributed by atoms with Gasteiger partial charge in [0.05, 0.1) is 12.7 Å². The summed E-state index contributed by atoms with van der Waals surface area (Å²) in [5, 5.41) is 19.6. The fourth-order valence-corrected chi connectivity index (χ4v) is 4.18. The monoisotopic (exact) mass is 550 g/mol. The van der Waals surface area contributed by atoms with Gasteiger partial charge in [0.25, 0.3) is 0 Å². The van der Waals surface area contributed by atoms with Gasteiger partial charge >= 0.3 is 17.9 Å². The van der Waals surface area contributed by atoms with Crippen LogP contribution in [-0.4, -0.2) is 81.2 Å². The molecule has 1 aliphatic rings. The van der Waals surface area contributed by atoms with E-state index in [-0.39, 0.29) is 19.6 Å². The van der Waals surface area contributed by atoms with Gasteiger partial charge in [0.1, 0.15) is 23.7 Å². The van der Waals surface area contributed by atoms with Gasteiger partial charge in [-0.1, -0.05) is 17.3 Å². The molecule has 1 amide bonds. The van der Waals surface area contributed by atoms with Gasteiger partial charge in [-0.2, -0.15) is 0 Å². The Morgan fingerprint density at radius 2 is 1.82 bits per heavy atom. The van der Waals surface area contributed by atoms with Crippen LogP contribution in [0.2, 0.25) is 0 Å². The number of carboxylic acid groups (broad SMARTS) is 1. The number of esters is 2. The number of aromatic nitrogens is 3. The minimum absolute atomic E-state index is 0.0380. The van der Waals surface area contributed by atoms with Crippen LogP contribution in [0.15, 0.2) is 30.5 Å². The number of benzene rings is 1. The maximum Gasteiger partial charge on any atom is 0.303 e. The lowest BCUT2D eigenvalue weighted by molar-refractivity contribution is -0.274. The minimum Gasteiger partial charge on any atom is -0.481 e. The zero-order valence-electron chi connectivity index (χ0n) is 21.7. The number of aliphatic carboxylic acids is 1. The predicted octanol–water partition coefficient (Wildman–Crippen LogP) is 1.45. The molecule has 13 nitrogen and oxygen atoms in total. The van der Waals surface area contributed by atoms with E-state index < -0.39 is 60.3 Å². The number of carboxylic acids is 1. The number of unbranched alkanes of at least 4 members (excludes halogenated alkanes) is 1. The number of halogens is 1. The summed E-state index contributed by atoms with van der Waals surface area (Å²) in [6, 6.07) is 4.75. The molecule has 5 atom stereocenters. The molecular weight excluding hydrogens is 519 g/mol. The summed E-state index contributed by atoms with van der Waals surface area (Å²) in [6.07, 6.45) is -2.25. The van der Waals surface area contributed by atoms with Crippen molar-refractivity contribution < 1.29 is 47.6 Å². The topological polar surface area (TPSA) is 168 Å². The summed E-state index contributed by atoms with van der Waals surface area (Å²) >= 11 is 0. The fraction of sp³-hybridized carbons (Fsp3) is 0.520. The Bertz CT molecular complexity index is 1170. The van der Waals surface area contributed by atoms with E-state index in [0.29, 0.717) is 24.1 Å². The lowest BCUT2D eigenvalue weighted by atomic mass is 9.95. The van der Waals surface area contributed by atoms with Crippen LogP contribution >= 0.6 is 0 Å². The highest BCUT2D eigenvalue weighted by molar-refractivity contribution is 5.73. The molecule has 0 radical (unpaired) electrons. The molecule has 0 spiro atoms. The lowest BCUT2D eigenvalue weighted by Gasteiger charge is -2.45. The third-order valence-corrected chi connectivity index (χ3v) is 5.71. The molecule has 2 aromatic rings. The van der Waals surface area contributed by atoms with Gasteiger partial charge in [-0.05, 0) is 25.0 Å². The highest BCUT2D eigenvalue weighted by Crippen LogP contribution is 2.29. The fourth-order valence-electron chi connectivity index (χ4n) is 4.18. The van der Waals surface area contributed by atoms with Crippen LogP contribution in [0.25, 0.3) is 11.3 Å². The van der Waals surface area contributed by atoms with E-state index >= 15 is 0 Å². The Morgan fingerprint density at radius 3 is 2.46 bits per heavy atom. The molecule has 1 aliphatic heterocycles. The molecule has 2 heterocycles. The Labute approximate surface area is 223 Å². The molecule has 1 aromatic carbocycles. The zero-order chi connectivity index (χ0) is 28.5. The number of rotatable bonds is 12. The van der Waals surface area contributed by atoms with Crippen molar-refractivity contribution >= 4 is 23.8 Å².